The van der Waals surface area contributed by atoms with E-state index < -0.39 is 35.3 Å². The van der Waals surface area contributed by atoms with Gasteiger partial charge in [0.2, 0.25) is 5.91 Å². The Morgan fingerprint density at radius 2 is 1.15 bits per heavy atom. The number of primary amides is 1. The van der Waals surface area contributed by atoms with Crippen molar-refractivity contribution >= 4 is 45.6 Å². The van der Waals surface area contributed by atoms with Crippen LogP contribution in [0.3, 0.4) is 0 Å². The molecule has 0 radical (unpaired) electrons. The summed E-state index contributed by atoms with van der Waals surface area (Å²) in [4.78, 5) is 52.1. The molecule has 12 heteroatoms. The van der Waals surface area contributed by atoms with E-state index in [1.54, 1.807) is 72.8 Å². The summed E-state index contributed by atoms with van der Waals surface area (Å²) in [5.41, 5.74) is 11.0. The standard InChI is InChI=1S/C47H33F2N3O7/c1-51-45(54)41-37-23-28(26-5-3-7-30(19-26)44(50)53)12-18-39(37)59-43(41)35-16-15-34(49)21-32(35)24-52-46(55)40-36-22-29(27-6-4-8-31(20-27)47(56)57-2)11-17-38(36)58-42(40)25-9-13-33(48)14-10-25/h3-23H,24H2,1-2H3,(H2,50,53)(H,51,54)(H,52,55). The van der Waals surface area contributed by atoms with Gasteiger partial charge in [0.05, 0.1) is 23.8 Å². The number of fused-ring (bicyclic) bond motifs is 2. The van der Waals surface area contributed by atoms with Crippen LogP contribution in [0.4, 0.5) is 8.78 Å². The van der Waals surface area contributed by atoms with E-state index >= 15 is 4.39 Å². The maximum atomic E-state index is 15.0. The Balaban J connectivity index is 1.19. The lowest BCUT2D eigenvalue weighted by atomic mass is 9.97. The van der Waals surface area contributed by atoms with Crippen LogP contribution in [0.1, 0.15) is 47.0 Å². The molecule has 0 atom stereocenters. The van der Waals surface area contributed by atoms with Gasteiger partial charge >= 0.3 is 5.97 Å². The molecule has 292 valence electrons. The van der Waals surface area contributed by atoms with E-state index in [0.29, 0.717) is 72.0 Å². The van der Waals surface area contributed by atoms with Crippen molar-refractivity contribution in [1.29, 1.82) is 0 Å². The highest BCUT2D eigenvalue weighted by molar-refractivity contribution is 6.13. The Bertz CT molecular complexity index is 2990. The number of amides is 3. The van der Waals surface area contributed by atoms with Gasteiger partial charge in [0.25, 0.3) is 11.8 Å². The van der Waals surface area contributed by atoms with E-state index in [9.17, 15) is 23.6 Å². The Labute approximate surface area is 335 Å². The number of furan rings is 2. The van der Waals surface area contributed by atoms with Crippen LogP contribution < -0.4 is 16.4 Å². The number of carbonyl (C=O) groups is 4. The average Bonchev–Trinajstić information content (AvgIpc) is 3.84. The Morgan fingerprint density at radius 1 is 0.610 bits per heavy atom. The van der Waals surface area contributed by atoms with Crippen LogP contribution >= 0.6 is 0 Å². The normalized spacial score (nSPS) is 11.1. The fourth-order valence-corrected chi connectivity index (χ4v) is 7.11. The number of ether oxygens (including phenoxy) is 1. The van der Waals surface area contributed by atoms with Crippen LogP contribution in [0.15, 0.2) is 136 Å². The summed E-state index contributed by atoms with van der Waals surface area (Å²) in [5, 5.41) is 6.46. The van der Waals surface area contributed by atoms with Gasteiger partial charge in [-0.1, -0.05) is 36.4 Å². The first kappa shape index (κ1) is 38.0. The van der Waals surface area contributed by atoms with E-state index in [-0.39, 0.29) is 29.2 Å². The molecule has 0 saturated heterocycles. The van der Waals surface area contributed by atoms with E-state index in [0.717, 1.165) is 0 Å². The van der Waals surface area contributed by atoms with Crippen molar-refractivity contribution in [2.75, 3.05) is 14.2 Å². The smallest absolute Gasteiger partial charge is 0.337 e. The summed E-state index contributed by atoms with van der Waals surface area (Å²) in [5.74, 6) is -2.89. The van der Waals surface area contributed by atoms with Crippen molar-refractivity contribution in [3.63, 3.8) is 0 Å². The summed E-state index contributed by atoms with van der Waals surface area (Å²) in [6.07, 6.45) is 0. The van der Waals surface area contributed by atoms with E-state index in [2.05, 4.69) is 10.6 Å². The van der Waals surface area contributed by atoms with Crippen LogP contribution in [0.5, 0.6) is 0 Å². The van der Waals surface area contributed by atoms with E-state index in [1.165, 1.54) is 56.6 Å². The Kier molecular flexibility index (Phi) is 10.0. The summed E-state index contributed by atoms with van der Waals surface area (Å²) >= 11 is 0. The maximum absolute atomic E-state index is 15.0. The number of rotatable bonds is 10. The van der Waals surface area contributed by atoms with Crippen LogP contribution in [0.25, 0.3) is 66.8 Å². The van der Waals surface area contributed by atoms with Crippen molar-refractivity contribution in [2.24, 2.45) is 5.73 Å². The minimum Gasteiger partial charge on any atom is -0.465 e. The highest BCUT2D eigenvalue weighted by Gasteiger charge is 2.26. The van der Waals surface area contributed by atoms with E-state index in [1.807, 2.05) is 12.1 Å². The number of halogens is 2. The third-order valence-electron chi connectivity index (χ3n) is 10.0. The largest absolute Gasteiger partial charge is 0.465 e. The van der Waals surface area contributed by atoms with Crippen molar-refractivity contribution in [2.45, 2.75) is 6.54 Å². The fourth-order valence-electron chi connectivity index (χ4n) is 7.11. The number of nitrogens with two attached hydrogens (primary N) is 1. The summed E-state index contributed by atoms with van der Waals surface area (Å²) in [6.45, 7) is -0.211. The van der Waals surface area contributed by atoms with Crippen molar-refractivity contribution in [3.8, 4) is 44.9 Å². The predicted octanol–water partition coefficient (Wildman–Crippen LogP) is 9.30. The number of nitrogens with one attached hydrogen (secondary N) is 2. The number of methoxy groups -OCH3 is 1. The molecule has 0 spiro atoms. The van der Waals surface area contributed by atoms with Gasteiger partial charge in [-0.2, -0.15) is 0 Å². The zero-order valence-corrected chi connectivity index (χ0v) is 31.5. The van der Waals surface area contributed by atoms with Crippen LogP contribution in [-0.4, -0.2) is 37.8 Å². The maximum Gasteiger partial charge on any atom is 0.337 e. The number of carbonyl (C=O) groups excluding carboxylic acids is 4. The molecule has 4 N–H and O–H groups in total. The quantitative estimate of drug-likeness (QED) is 0.117. The fraction of sp³-hybridized carbons (Fsp3) is 0.0638. The molecular formula is C47H33F2N3O7. The lowest BCUT2D eigenvalue weighted by Gasteiger charge is -2.12. The van der Waals surface area contributed by atoms with Crippen molar-refractivity contribution < 1.29 is 41.5 Å². The second kappa shape index (κ2) is 15.6. The highest BCUT2D eigenvalue weighted by Crippen LogP contribution is 2.39. The summed E-state index contributed by atoms with van der Waals surface area (Å²) in [7, 11) is 2.77. The van der Waals surface area contributed by atoms with Gasteiger partial charge in [-0.25, -0.2) is 13.6 Å². The average molecular weight is 790 g/mol. The van der Waals surface area contributed by atoms with Gasteiger partial charge in [-0.3, -0.25) is 14.4 Å². The molecule has 0 saturated carbocycles. The van der Waals surface area contributed by atoms with Crippen LogP contribution in [-0.2, 0) is 11.3 Å². The van der Waals surface area contributed by atoms with Gasteiger partial charge in [-0.15, -0.1) is 0 Å². The topological polar surface area (TPSA) is 154 Å². The van der Waals surface area contributed by atoms with Gasteiger partial charge in [0, 0.05) is 41.1 Å². The lowest BCUT2D eigenvalue weighted by molar-refractivity contribution is 0.0600. The Morgan fingerprint density at radius 3 is 1.76 bits per heavy atom. The predicted molar refractivity (Wildman–Crippen MR) is 219 cm³/mol. The molecule has 10 nitrogen and oxygen atoms in total. The molecule has 59 heavy (non-hydrogen) atoms. The number of hydrogen-bond donors (Lipinski definition) is 3. The molecule has 0 aliphatic rings. The first-order chi connectivity index (χ1) is 28.5. The zero-order chi connectivity index (χ0) is 41.4. The molecule has 3 amide bonds. The molecule has 2 aromatic heterocycles. The molecule has 0 bridgehead atoms. The minimum atomic E-state index is -0.591. The molecule has 2 heterocycles. The van der Waals surface area contributed by atoms with Gasteiger partial charge in [-0.05, 0) is 119 Å². The first-order valence-corrected chi connectivity index (χ1v) is 18.3. The molecule has 0 unspecified atom stereocenters. The molecule has 8 rings (SSSR count). The second-order valence-corrected chi connectivity index (χ2v) is 13.6. The number of benzene rings is 6. The van der Waals surface area contributed by atoms with E-state index in [4.69, 9.17) is 19.3 Å². The molecule has 0 aliphatic heterocycles. The zero-order valence-electron chi connectivity index (χ0n) is 31.5. The van der Waals surface area contributed by atoms with Crippen molar-refractivity contribution in [1.82, 2.24) is 10.6 Å². The van der Waals surface area contributed by atoms with Gasteiger partial charge in [0.15, 0.2) is 0 Å². The van der Waals surface area contributed by atoms with Crippen LogP contribution in [0, 0.1) is 11.6 Å². The summed E-state index contributed by atoms with van der Waals surface area (Å²) < 4.78 is 46.5. The molecule has 0 aliphatic carbocycles. The SMILES string of the molecule is CNC(=O)c1c(-c2ccc(F)cc2CNC(=O)c2c(-c3ccc(F)cc3)oc3ccc(-c4cccc(C(=O)OC)c4)cc23)oc2ccc(-c3cccc(C(N)=O)c3)cc12. The second-order valence-electron chi connectivity index (χ2n) is 13.6. The molecular weight excluding hydrogens is 757 g/mol. The minimum absolute atomic E-state index is 0.137. The third kappa shape index (κ3) is 7.30. The molecule has 6 aromatic carbocycles. The monoisotopic (exact) mass is 789 g/mol. The highest BCUT2D eigenvalue weighted by atomic mass is 19.1. The third-order valence-corrected chi connectivity index (χ3v) is 10.0. The molecule has 0 fully saturated rings. The molecule has 8 aromatic rings. The number of hydrogen-bond acceptors (Lipinski definition) is 7. The van der Waals surface area contributed by atoms with Gasteiger partial charge in [0.1, 0.15) is 34.3 Å². The number of esters is 1. The Hall–Kier alpha value is -7.86. The van der Waals surface area contributed by atoms with Crippen LogP contribution in [0.2, 0.25) is 0 Å². The lowest BCUT2D eigenvalue weighted by Crippen LogP contribution is -2.24. The first-order valence-electron chi connectivity index (χ1n) is 18.3. The van der Waals surface area contributed by atoms with Crippen molar-refractivity contribution in [3.05, 3.63) is 167 Å². The summed E-state index contributed by atoms with van der Waals surface area (Å²) in [6, 6.07) is 33.6. The van der Waals surface area contributed by atoms with Gasteiger partial charge < -0.3 is 29.9 Å².